The van der Waals surface area contributed by atoms with E-state index in [-0.39, 0.29) is 10.6 Å². The molecule has 0 bridgehead atoms. The highest BCUT2D eigenvalue weighted by atomic mass is 127. The summed E-state index contributed by atoms with van der Waals surface area (Å²) in [4.78, 5) is 10.2. The van der Waals surface area contributed by atoms with Crippen LogP contribution in [0.15, 0.2) is 18.2 Å². The molecular weight excluding hydrogens is 269 g/mol. The van der Waals surface area contributed by atoms with Crippen LogP contribution in [0.1, 0.15) is 12.5 Å². The standard InChI is InChI=1S/C8H8INO2/c1-2-6-3-4-7(9)5-8(6)10(11)12/h3-5H,2H2,1H3. The molecule has 1 aromatic rings. The van der Waals surface area contributed by atoms with Crippen molar-refractivity contribution >= 4 is 28.3 Å². The Balaban J connectivity index is 3.21. The molecule has 1 aromatic carbocycles. The molecule has 1 rings (SSSR count). The zero-order valence-electron chi connectivity index (χ0n) is 6.58. The number of hydrogen-bond donors (Lipinski definition) is 0. The van der Waals surface area contributed by atoms with Gasteiger partial charge < -0.3 is 0 Å². The van der Waals surface area contributed by atoms with Crippen LogP contribution in [0.2, 0.25) is 0 Å². The smallest absolute Gasteiger partial charge is 0.258 e. The first-order chi connectivity index (χ1) is 5.65. The largest absolute Gasteiger partial charge is 0.273 e. The maximum Gasteiger partial charge on any atom is 0.273 e. The molecule has 0 aliphatic carbocycles. The van der Waals surface area contributed by atoms with Crippen molar-refractivity contribution in [1.82, 2.24) is 0 Å². The van der Waals surface area contributed by atoms with Crippen molar-refractivity contribution in [2.75, 3.05) is 0 Å². The number of aryl methyl sites for hydroxylation is 1. The van der Waals surface area contributed by atoms with Crippen molar-refractivity contribution in [1.29, 1.82) is 0 Å². The fourth-order valence-electron chi connectivity index (χ4n) is 1.01. The molecule has 0 unspecified atom stereocenters. The van der Waals surface area contributed by atoms with Gasteiger partial charge in [-0.15, -0.1) is 0 Å². The zero-order chi connectivity index (χ0) is 9.14. The van der Waals surface area contributed by atoms with Crippen LogP contribution in [-0.2, 0) is 6.42 Å². The van der Waals surface area contributed by atoms with Gasteiger partial charge in [-0.25, -0.2) is 0 Å². The van der Waals surface area contributed by atoms with Crippen molar-refractivity contribution in [3.63, 3.8) is 0 Å². The normalized spacial score (nSPS) is 9.83. The molecule has 3 nitrogen and oxygen atoms in total. The molecule has 0 saturated carbocycles. The van der Waals surface area contributed by atoms with Crippen LogP contribution in [0.4, 0.5) is 5.69 Å². The molecule has 0 radical (unpaired) electrons. The first-order valence-electron chi connectivity index (χ1n) is 3.58. The zero-order valence-corrected chi connectivity index (χ0v) is 8.74. The second-order valence-corrected chi connectivity index (χ2v) is 3.63. The summed E-state index contributed by atoms with van der Waals surface area (Å²) in [5, 5.41) is 10.5. The Kier molecular flexibility index (Phi) is 3.02. The highest BCUT2D eigenvalue weighted by Gasteiger charge is 2.11. The molecule has 0 fully saturated rings. The van der Waals surface area contributed by atoms with Gasteiger partial charge in [0, 0.05) is 15.2 Å². The van der Waals surface area contributed by atoms with Crippen LogP contribution < -0.4 is 0 Å². The lowest BCUT2D eigenvalue weighted by Gasteiger charge is -1.98. The summed E-state index contributed by atoms with van der Waals surface area (Å²) in [7, 11) is 0. The molecular formula is C8H8INO2. The number of rotatable bonds is 2. The molecule has 0 aliphatic rings. The molecule has 4 heteroatoms. The quantitative estimate of drug-likeness (QED) is 0.474. The average Bonchev–Trinajstić information content (AvgIpc) is 2.04. The van der Waals surface area contributed by atoms with Crippen LogP contribution in [0, 0.1) is 13.7 Å². The summed E-state index contributed by atoms with van der Waals surface area (Å²) < 4.78 is 0.900. The minimum atomic E-state index is -0.332. The summed E-state index contributed by atoms with van der Waals surface area (Å²) in [5.41, 5.74) is 1.02. The molecule has 12 heavy (non-hydrogen) atoms. The molecule has 0 amide bonds. The Hall–Kier alpha value is -0.650. The first kappa shape index (κ1) is 9.44. The lowest BCUT2D eigenvalue weighted by Crippen LogP contribution is -1.94. The predicted molar refractivity (Wildman–Crippen MR) is 55.2 cm³/mol. The van der Waals surface area contributed by atoms with Gasteiger partial charge in [0.05, 0.1) is 4.92 Å². The van der Waals surface area contributed by atoms with Crippen molar-refractivity contribution in [3.8, 4) is 0 Å². The number of nitro groups is 1. The summed E-state index contributed by atoms with van der Waals surface area (Å²) in [6.07, 6.45) is 0.702. The summed E-state index contributed by atoms with van der Waals surface area (Å²) in [6.45, 7) is 1.91. The summed E-state index contributed by atoms with van der Waals surface area (Å²) in [5.74, 6) is 0. The van der Waals surface area contributed by atoms with Gasteiger partial charge >= 0.3 is 0 Å². The van der Waals surface area contributed by atoms with E-state index in [4.69, 9.17) is 0 Å². The van der Waals surface area contributed by atoms with E-state index in [1.807, 2.05) is 13.0 Å². The summed E-state index contributed by atoms with van der Waals surface area (Å²) >= 11 is 2.07. The maximum absolute atomic E-state index is 10.5. The van der Waals surface area contributed by atoms with Crippen molar-refractivity contribution in [3.05, 3.63) is 37.4 Å². The van der Waals surface area contributed by atoms with E-state index >= 15 is 0 Å². The van der Waals surface area contributed by atoms with Gasteiger partial charge in [-0.2, -0.15) is 0 Å². The highest BCUT2D eigenvalue weighted by molar-refractivity contribution is 14.1. The predicted octanol–water partition coefficient (Wildman–Crippen LogP) is 2.76. The lowest BCUT2D eigenvalue weighted by molar-refractivity contribution is -0.385. The third-order valence-electron chi connectivity index (χ3n) is 1.62. The minimum absolute atomic E-state index is 0.226. The number of halogens is 1. The first-order valence-corrected chi connectivity index (χ1v) is 4.66. The van der Waals surface area contributed by atoms with E-state index in [0.717, 1.165) is 9.13 Å². The van der Waals surface area contributed by atoms with Gasteiger partial charge in [-0.1, -0.05) is 13.0 Å². The third-order valence-corrected chi connectivity index (χ3v) is 2.30. The molecule has 0 aromatic heterocycles. The van der Waals surface area contributed by atoms with Crippen molar-refractivity contribution in [2.24, 2.45) is 0 Å². The van der Waals surface area contributed by atoms with Crippen LogP contribution in [0.5, 0.6) is 0 Å². The fourth-order valence-corrected chi connectivity index (χ4v) is 1.48. The Morgan fingerprint density at radius 2 is 2.25 bits per heavy atom. The molecule has 0 aliphatic heterocycles. The molecule has 64 valence electrons. The van der Waals surface area contributed by atoms with Gasteiger partial charge in [0.15, 0.2) is 0 Å². The van der Waals surface area contributed by atoms with Gasteiger partial charge in [-0.05, 0) is 35.1 Å². The molecule has 0 heterocycles. The second-order valence-electron chi connectivity index (χ2n) is 2.38. The van der Waals surface area contributed by atoms with Gasteiger partial charge in [0.1, 0.15) is 0 Å². The van der Waals surface area contributed by atoms with Crippen LogP contribution in [0.25, 0.3) is 0 Å². The van der Waals surface area contributed by atoms with Crippen LogP contribution in [-0.4, -0.2) is 4.92 Å². The second kappa shape index (κ2) is 3.84. The topological polar surface area (TPSA) is 43.1 Å². The average molecular weight is 277 g/mol. The van der Waals surface area contributed by atoms with Gasteiger partial charge in [-0.3, -0.25) is 10.1 Å². The Morgan fingerprint density at radius 3 is 2.75 bits per heavy atom. The van der Waals surface area contributed by atoms with Gasteiger partial charge in [0.2, 0.25) is 0 Å². The Morgan fingerprint density at radius 1 is 1.58 bits per heavy atom. The third kappa shape index (κ3) is 1.94. The summed E-state index contributed by atoms with van der Waals surface area (Å²) in [6, 6.07) is 5.28. The van der Waals surface area contributed by atoms with E-state index in [2.05, 4.69) is 22.6 Å². The van der Waals surface area contributed by atoms with E-state index in [1.165, 1.54) is 0 Å². The lowest BCUT2D eigenvalue weighted by atomic mass is 10.1. The Labute approximate surface area is 84.1 Å². The highest BCUT2D eigenvalue weighted by Crippen LogP contribution is 2.21. The maximum atomic E-state index is 10.5. The number of hydrogen-bond acceptors (Lipinski definition) is 2. The molecule has 0 atom stereocenters. The SMILES string of the molecule is CCc1ccc(I)cc1[N+](=O)[O-]. The van der Waals surface area contributed by atoms with E-state index in [9.17, 15) is 10.1 Å². The molecule has 0 N–H and O–H groups in total. The van der Waals surface area contributed by atoms with Gasteiger partial charge in [0.25, 0.3) is 5.69 Å². The number of nitro benzene ring substituents is 1. The Bertz CT molecular complexity index is 312. The van der Waals surface area contributed by atoms with Crippen LogP contribution >= 0.6 is 22.6 Å². The monoisotopic (exact) mass is 277 g/mol. The minimum Gasteiger partial charge on any atom is -0.258 e. The van der Waals surface area contributed by atoms with E-state index in [1.54, 1.807) is 12.1 Å². The number of nitrogens with zero attached hydrogens (tertiary/aromatic N) is 1. The molecule has 0 saturated heterocycles. The van der Waals surface area contributed by atoms with Crippen molar-refractivity contribution in [2.45, 2.75) is 13.3 Å². The molecule has 0 spiro atoms. The number of benzene rings is 1. The van der Waals surface area contributed by atoms with Crippen molar-refractivity contribution < 1.29 is 4.92 Å². The van der Waals surface area contributed by atoms with E-state index in [0.29, 0.717) is 6.42 Å². The fraction of sp³-hybridized carbons (Fsp3) is 0.250. The van der Waals surface area contributed by atoms with E-state index < -0.39 is 0 Å². The van der Waals surface area contributed by atoms with Crippen LogP contribution in [0.3, 0.4) is 0 Å².